The van der Waals surface area contributed by atoms with E-state index in [1.807, 2.05) is 24.3 Å². The molecule has 31 heavy (non-hydrogen) atoms. The summed E-state index contributed by atoms with van der Waals surface area (Å²) >= 11 is 1.62. The number of hydrogen-bond donors (Lipinski definition) is 1. The zero-order chi connectivity index (χ0) is 21.5. The SMILES string of the molecule is Cc1ccc2nc(-c3ccc(NC(=O)Cn4nc(C5CC5)cc4C(F)F)cc3)sc2c1. The number of alkyl halides is 2. The Hall–Kier alpha value is -3.13. The summed E-state index contributed by atoms with van der Waals surface area (Å²) in [5.74, 6) is -0.142. The van der Waals surface area contributed by atoms with Gasteiger partial charge in [-0.25, -0.2) is 13.8 Å². The van der Waals surface area contributed by atoms with Gasteiger partial charge in [-0.3, -0.25) is 9.48 Å². The standard InChI is InChI=1S/C23H20F2N4OS/c1-13-2-9-17-20(10-13)31-23(27-17)15-5-7-16(8-6-15)26-21(30)12-29-19(22(24)25)11-18(28-29)14-3-4-14/h2,5-11,14,22H,3-4,12H2,1H3,(H,26,30). The van der Waals surface area contributed by atoms with Crippen molar-refractivity contribution in [2.45, 2.75) is 38.7 Å². The zero-order valence-corrected chi connectivity index (χ0v) is 17.6. The van der Waals surface area contributed by atoms with Crippen LogP contribution in [-0.2, 0) is 11.3 Å². The first-order chi connectivity index (χ1) is 15.0. The first kappa shape index (κ1) is 19.8. The Morgan fingerprint density at radius 2 is 1.97 bits per heavy atom. The minimum absolute atomic E-state index is 0.210. The summed E-state index contributed by atoms with van der Waals surface area (Å²) in [4.78, 5) is 17.1. The van der Waals surface area contributed by atoms with Crippen LogP contribution < -0.4 is 5.32 Å². The molecule has 4 aromatic rings. The normalized spacial score (nSPS) is 13.8. The van der Waals surface area contributed by atoms with Crippen molar-refractivity contribution in [3.63, 3.8) is 0 Å². The van der Waals surface area contributed by atoms with Crippen molar-refractivity contribution in [1.82, 2.24) is 14.8 Å². The van der Waals surface area contributed by atoms with Crippen LogP contribution in [-0.4, -0.2) is 20.7 Å². The second-order valence-corrected chi connectivity index (χ2v) is 8.87. The van der Waals surface area contributed by atoms with Gasteiger partial charge in [0.05, 0.1) is 15.9 Å². The molecule has 1 fully saturated rings. The van der Waals surface area contributed by atoms with Gasteiger partial charge in [0, 0.05) is 17.2 Å². The van der Waals surface area contributed by atoms with Gasteiger partial charge in [-0.15, -0.1) is 11.3 Å². The lowest BCUT2D eigenvalue weighted by atomic mass is 10.2. The number of thiazole rings is 1. The highest BCUT2D eigenvalue weighted by atomic mass is 32.1. The molecule has 0 radical (unpaired) electrons. The summed E-state index contributed by atoms with van der Waals surface area (Å²) in [5, 5.41) is 7.89. The smallest absolute Gasteiger partial charge is 0.280 e. The molecular weight excluding hydrogens is 418 g/mol. The number of anilines is 1. The third-order valence-electron chi connectivity index (χ3n) is 5.30. The van der Waals surface area contributed by atoms with Gasteiger partial charge in [0.15, 0.2) is 0 Å². The highest BCUT2D eigenvalue weighted by Crippen LogP contribution is 2.40. The van der Waals surface area contributed by atoms with Crippen LogP contribution in [0.25, 0.3) is 20.8 Å². The number of nitrogens with one attached hydrogen (secondary N) is 1. The van der Waals surface area contributed by atoms with Crippen molar-refractivity contribution in [2.24, 2.45) is 0 Å². The number of halogens is 2. The Morgan fingerprint density at radius 1 is 1.19 bits per heavy atom. The van der Waals surface area contributed by atoms with E-state index in [-0.39, 0.29) is 18.2 Å². The van der Waals surface area contributed by atoms with Crippen LogP contribution in [0.1, 0.15) is 42.1 Å². The Bertz CT molecular complexity index is 1260. The second kappa shape index (κ2) is 7.85. The molecule has 2 aromatic heterocycles. The maximum absolute atomic E-state index is 13.3. The van der Waals surface area contributed by atoms with Crippen LogP contribution in [0.5, 0.6) is 0 Å². The molecule has 2 heterocycles. The summed E-state index contributed by atoms with van der Waals surface area (Å²) in [7, 11) is 0. The Labute approximate surface area is 181 Å². The van der Waals surface area contributed by atoms with Gasteiger partial charge in [0.2, 0.25) is 5.91 Å². The van der Waals surface area contributed by atoms with Crippen molar-refractivity contribution in [1.29, 1.82) is 0 Å². The largest absolute Gasteiger partial charge is 0.324 e. The van der Waals surface area contributed by atoms with Gasteiger partial charge >= 0.3 is 0 Å². The molecule has 5 rings (SSSR count). The number of benzene rings is 2. The fraction of sp³-hybridized carbons (Fsp3) is 0.261. The highest BCUT2D eigenvalue weighted by Gasteiger charge is 2.29. The summed E-state index contributed by atoms with van der Waals surface area (Å²) < 4.78 is 28.9. The van der Waals surface area contributed by atoms with Gasteiger partial charge in [0.25, 0.3) is 6.43 Å². The maximum atomic E-state index is 13.3. The predicted molar refractivity (Wildman–Crippen MR) is 118 cm³/mol. The third-order valence-corrected chi connectivity index (χ3v) is 6.37. The van der Waals surface area contributed by atoms with Crippen molar-refractivity contribution in [3.8, 4) is 10.6 Å². The zero-order valence-electron chi connectivity index (χ0n) is 16.8. The molecule has 1 saturated carbocycles. The Kier molecular flexibility index (Phi) is 5.02. The maximum Gasteiger partial charge on any atom is 0.280 e. The lowest BCUT2D eigenvalue weighted by molar-refractivity contribution is -0.117. The van der Waals surface area contributed by atoms with E-state index in [1.165, 1.54) is 11.6 Å². The minimum Gasteiger partial charge on any atom is -0.324 e. The first-order valence-electron chi connectivity index (χ1n) is 10.1. The lowest BCUT2D eigenvalue weighted by Gasteiger charge is -2.08. The van der Waals surface area contributed by atoms with E-state index in [4.69, 9.17) is 0 Å². The molecule has 5 nitrogen and oxygen atoms in total. The summed E-state index contributed by atoms with van der Waals surface area (Å²) in [5.41, 5.74) is 4.15. The molecule has 1 aliphatic carbocycles. The molecular formula is C23H20F2N4OS. The molecule has 0 atom stereocenters. The number of amides is 1. The van der Waals surface area contributed by atoms with E-state index in [9.17, 15) is 13.6 Å². The summed E-state index contributed by atoms with van der Waals surface area (Å²) in [6.45, 7) is 1.81. The van der Waals surface area contributed by atoms with Crippen LogP contribution in [0.15, 0.2) is 48.5 Å². The van der Waals surface area contributed by atoms with E-state index in [1.54, 1.807) is 23.5 Å². The second-order valence-electron chi connectivity index (χ2n) is 7.84. The lowest BCUT2D eigenvalue weighted by Crippen LogP contribution is -2.21. The number of aromatic nitrogens is 3. The molecule has 8 heteroatoms. The number of carbonyl (C=O) groups is 1. The molecule has 0 bridgehead atoms. The third kappa shape index (κ3) is 4.20. The van der Waals surface area contributed by atoms with E-state index in [2.05, 4.69) is 28.4 Å². The van der Waals surface area contributed by atoms with Crippen LogP contribution in [0, 0.1) is 6.92 Å². The summed E-state index contributed by atoms with van der Waals surface area (Å²) in [6.07, 6.45) is -0.733. The van der Waals surface area contributed by atoms with E-state index in [0.29, 0.717) is 11.4 Å². The van der Waals surface area contributed by atoms with Gasteiger partial charge < -0.3 is 5.32 Å². The number of aryl methyl sites for hydroxylation is 1. The average molecular weight is 439 g/mol. The van der Waals surface area contributed by atoms with Gasteiger partial charge in [0.1, 0.15) is 17.2 Å². The van der Waals surface area contributed by atoms with Gasteiger partial charge in [-0.2, -0.15) is 5.10 Å². The number of rotatable bonds is 6. The number of carbonyl (C=O) groups excluding carboxylic acids is 1. The van der Waals surface area contributed by atoms with Crippen molar-refractivity contribution >= 4 is 33.1 Å². The fourth-order valence-corrected chi connectivity index (χ4v) is 4.59. The molecule has 2 aromatic carbocycles. The molecule has 0 saturated heterocycles. The molecule has 0 aliphatic heterocycles. The fourth-order valence-electron chi connectivity index (χ4n) is 3.52. The predicted octanol–water partition coefficient (Wildman–Crippen LogP) is 5.92. The number of nitrogens with zero attached hydrogens (tertiary/aromatic N) is 3. The van der Waals surface area contributed by atoms with Crippen LogP contribution >= 0.6 is 11.3 Å². The van der Waals surface area contributed by atoms with E-state index >= 15 is 0 Å². The molecule has 1 aliphatic rings. The highest BCUT2D eigenvalue weighted by molar-refractivity contribution is 7.21. The van der Waals surface area contributed by atoms with E-state index < -0.39 is 12.3 Å². The van der Waals surface area contributed by atoms with Crippen molar-refractivity contribution in [2.75, 3.05) is 5.32 Å². The number of fused-ring (bicyclic) bond motifs is 1. The Balaban J connectivity index is 1.29. The van der Waals surface area contributed by atoms with Gasteiger partial charge in [-0.1, -0.05) is 6.07 Å². The first-order valence-corrected chi connectivity index (χ1v) is 10.9. The molecule has 0 unspecified atom stereocenters. The Morgan fingerprint density at radius 3 is 2.68 bits per heavy atom. The number of hydrogen-bond acceptors (Lipinski definition) is 4. The molecule has 0 spiro atoms. The van der Waals surface area contributed by atoms with Crippen LogP contribution in [0.3, 0.4) is 0 Å². The minimum atomic E-state index is -2.66. The monoisotopic (exact) mass is 438 g/mol. The van der Waals surface area contributed by atoms with Crippen molar-refractivity contribution < 1.29 is 13.6 Å². The van der Waals surface area contributed by atoms with Crippen LogP contribution in [0.4, 0.5) is 14.5 Å². The van der Waals surface area contributed by atoms with Gasteiger partial charge in [-0.05, 0) is 67.8 Å². The molecule has 1 N–H and O–H groups in total. The molecule has 158 valence electrons. The summed E-state index contributed by atoms with van der Waals surface area (Å²) in [6, 6.07) is 14.9. The topological polar surface area (TPSA) is 59.8 Å². The van der Waals surface area contributed by atoms with E-state index in [0.717, 1.165) is 38.3 Å². The quantitative estimate of drug-likeness (QED) is 0.406. The molecule has 1 amide bonds. The van der Waals surface area contributed by atoms with Crippen LogP contribution in [0.2, 0.25) is 0 Å². The average Bonchev–Trinajstić information content (AvgIpc) is 3.37. The van der Waals surface area contributed by atoms with Crippen molar-refractivity contribution in [3.05, 3.63) is 65.5 Å².